The lowest BCUT2D eigenvalue weighted by molar-refractivity contribution is 0.377. The van der Waals surface area contributed by atoms with Crippen LogP contribution in [0.4, 0.5) is 18.3 Å². The second kappa shape index (κ2) is 6.77. The van der Waals surface area contributed by atoms with Gasteiger partial charge < -0.3 is 4.90 Å². The number of fused-ring (bicyclic) bond motifs is 1. The minimum atomic E-state index is -4.25. The van der Waals surface area contributed by atoms with E-state index < -0.39 is 32.4 Å². The summed E-state index contributed by atoms with van der Waals surface area (Å²) in [4.78, 5) is 5.65. The van der Waals surface area contributed by atoms with E-state index in [2.05, 4.69) is 4.98 Å². The third-order valence-electron chi connectivity index (χ3n) is 4.41. The molecule has 1 aliphatic heterocycles. The number of halogens is 3. The summed E-state index contributed by atoms with van der Waals surface area (Å²) < 4.78 is 67.8. The van der Waals surface area contributed by atoms with Crippen LogP contribution in [0, 0.1) is 17.5 Å². The third-order valence-corrected chi connectivity index (χ3v) is 7.42. The maximum absolute atomic E-state index is 13.9. The van der Waals surface area contributed by atoms with Crippen molar-refractivity contribution in [1.29, 1.82) is 0 Å². The lowest BCUT2D eigenvalue weighted by atomic mass is 10.3. The molecule has 4 rings (SSSR count). The number of nitrogens with zero attached hydrogens (tertiary/aromatic N) is 3. The number of hydrogen-bond donors (Lipinski definition) is 0. The second-order valence-electron chi connectivity index (χ2n) is 6.03. The van der Waals surface area contributed by atoms with E-state index >= 15 is 0 Å². The fourth-order valence-corrected chi connectivity index (χ4v) is 5.46. The zero-order chi connectivity index (χ0) is 19.2. The summed E-state index contributed by atoms with van der Waals surface area (Å²) in [6.07, 6.45) is 0. The zero-order valence-corrected chi connectivity index (χ0v) is 15.5. The minimum absolute atomic E-state index is 0.0939. The van der Waals surface area contributed by atoms with Gasteiger partial charge in [0.25, 0.3) is 0 Å². The van der Waals surface area contributed by atoms with Crippen LogP contribution in [0.5, 0.6) is 0 Å². The number of hydrogen-bond acceptors (Lipinski definition) is 5. The number of benzene rings is 2. The molecule has 0 atom stereocenters. The Morgan fingerprint density at radius 1 is 0.926 bits per heavy atom. The molecule has 0 spiro atoms. The van der Waals surface area contributed by atoms with Gasteiger partial charge in [-0.05, 0) is 24.3 Å². The number of para-hydroxylation sites is 1. The van der Waals surface area contributed by atoms with Gasteiger partial charge in [0.2, 0.25) is 10.0 Å². The fraction of sp³-hybridized carbons (Fsp3) is 0.235. The summed E-state index contributed by atoms with van der Waals surface area (Å²) in [5, 5.41) is 0.784. The molecule has 142 valence electrons. The van der Waals surface area contributed by atoms with E-state index in [9.17, 15) is 21.6 Å². The van der Waals surface area contributed by atoms with E-state index in [1.807, 2.05) is 29.2 Å². The van der Waals surface area contributed by atoms with Crippen LogP contribution >= 0.6 is 11.3 Å². The van der Waals surface area contributed by atoms with Gasteiger partial charge in [-0.25, -0.2) is 26.6 Å². The van der Waals surface area contributed by atoms with Gasteiger partial charge in [0.1, 0.15) is 4.90 Å². The number of piperazine rings is 1. The first kappa shape index (κ1) is 18.2. The van der Waals surface area contributed by atoms with Gasteiger partial charge in [-0.2, -0.15) is 4.31 Å². The van der Waals surface area contributed by atoms with Crippen molar-refractivity contribution in [3.05, 3.63) is 53.8 Å². The molecule has 5 nitrogen and oxygen atoms in total. The Bertz CT molecular complexity index is 1080. The molecule has 1 aliphatic rings. The Morgan fingerprint density at radius 3 is 2.33 bits per heavy atom. The Kier molecular flexibility index (Phi) is 4.57. The molecule has 0 unspecified atom stereocenters. The predicted molar refractivity (Wildman–Crippen MR) is 96.9 cm³/mol. The highest BCUT2D eigenvalue weighted by atomic mass is 32.2. The molecule has 3 aromatic rings. The molecule has 0 bridgehead atoms. The summed E-state index contributed by atoms with van der Waals surface area (Å²) in [5.74, 6) is -4.90. The fourth-order valence-electron chi connectivity index (χ4n) is 2.96. The highest BCUT2D eigenvalue weighted by Crippen LogP contribution is 2.30. The molecule has 10 heteroatoms. The van der Waals surface area contributed by atoms with Crippen LogP contribution in [0.3, 0.4) is 0 Å². The molecule has 0 radical (unpaired) electrons. The maximum Gasteiger partial charge on any atom is 0.246 e. The van der Waals surface area contributed by atoms with E-state index in [1.165, 1.54) is 11.3 Å². The van der Waals surface area contributed by atoms with Gasteiger partial charge in [-0.3, -0.25) is 0 Å². The largest absolute Gasteiger partial charge is 0.345 e. The summed E-state index contributed by atoms with van der Waals surface area (Å²) in [7, 11) is -4.25. The van der Waals surface area contributed by atoms with Gasteiger partial charge in [0.15, 0.2) is 22.6 Å². The van der Waals surface area contributed by atoms with Crippen LogP contribution in [0.2, 0.25) is 0 Å². The Balaban J connectivity index is 1.54. The topological polar surface area (TPSA) is 53.5 Å². The van der Waals surface area contributed by atoms with Crippen LogP contribution in [-0.4, -0.2) is 43.9 Å². The quantitative estimate of drug-likeness (QED) is 0.619. The molecule has 0 saturated carbocycles. The van der Waals surface area contributed by atoms with Crippen molar-refractivity contribution in [1.82, 2.24) is 9.29 Å². The summed E-state index contributed by atoms with van der Waals surface area (Å²) in [6.45, 7) is 0.919. The van der Waals surface area contributed by atoms with Gasteiger partial charge in [0, 0.05) is 26.2 Å². The molecule has 0 amide bonds. The van der Waals surface area contributed by atoms with Crippen LogP contribution < -0.4 is 4.90 Å². The Hall–Kier alpha value is -2.17. The maximum atomic E-state index is 13.9. The summed E-state index contributed by atoms with van der Waals surface area (Å²) >= 11 is 1.51. The first-order chi connectivity index (χ1) is 12.9. The lowest BCUT2D eigenvalue weighted by Crippen LogP contribution is -2.48. The van der Waals surface area contributed by atoms with Crippen LogP contribution in [0.15, 0.2) is 41.3 Å². The normalized spacial score (nSPS) is 16.2. The molecule has 0 aliphatic carbocycles. The van der Waals surface area contributed by atoms with Crippen molar-refractivity contribution < 1.29 is 21.6 Å². The first-order valence-electron chi connectivity index (χ1n) is 8.12. The molecule has 1 fully saturated rings. The van der Waals surface area contributed by atoms with Crippen LogP contribution in [-0.2, 0) is 10.0 Å². The van der Waals surface area contributed by atoms with E-state index in [0.717, 1.165) is 25.7 Å². The van der Waals surface area contributed by atoms with E-state index in [0.29, 0.717) is 19.2 Å². The van der Waals surface area contributed by atoms with E-state index in [-0.39, 0.29) is 13.1 Å². The Labute approximate surface area is 157 Å². The van der Waals surface area contributed by atoms with Crippen molar-refractivity contribution in [2.24, 2.45) is 0 Å². The van der Waals surface area contributed by atoms with Crippen molar-refractivity contribution in [3.8, 4) is 0 Å². The first-order valence-corrected chi connectivity index (χ1v) is 10.4. The standard InChI is InChI=1S/C17H14F3N3O2S2/c18-11-5-6-14(16(20)15(11)19)27(24,25)23-9-7-22(8-10-23)17-21-12-3-1-2-4-13(12)26-17/h1-6H,7-10H2. The summed E-state index contributed by atoms with van der Waals surface area (Å²) in [5.41, 5.74) is 0.872. The number of rotatable bonds is 3. The number of anilines is 1. The summed E-state index contributed by atoms with van der Waals surface area (Å²) in [6, 6.07) is 9.05. The number of aromatic nitrogens is 1. The zero-order valence-electron chi connectivity index (χ0n) is 13.9. The molecule has 2 aromatic carbocycles. The lowest BCUT2D eigenvalue weighted by Gasteiger charge is -2.33. The van der Waals surface area contributed by atoms with E-state index in [4.69, 9.17) is 0 Å². The predicted octanol–water partition coefficient (Wildman–Crippen LogP) is 3.22. The van der Waals surface area contributed by atoms with Gasteiger partial charge in [0.05, 0.1) is 10.2 Å². The molecule has 1 aromatic heterocycles. The smallest absolute Gasteiger partial charge is 0.246 e. The number of sulfonamides is 1. The SMILES string of the molecule is O=S(=O)(c1ccc(F)c(F)c1F)N1CCN(c2nc3ccccc3s2)CC1. The molecular formula is C17H14F3N3O2S2. The molecule has 2 heterocycles. The van der Waals surface area contributed by atoms with Gasteiger partial charge >= 0.3 is 0 Å². The van der Waals surface area contributed by atoms with E-state index in [1.54, 1.807) is 0 Å². The van der Waals surface area contributed by atoms with Crippen molar-refractivity contribution >= 4 is 36.7 Å². The highest BCUT2D eigenvalue weighted by molar-refractivity contribution is 7.89. The van der Waals surface area contributed by atoms with Gasteiger partial charge in [-0.1, -0.05) is 23.5 Å². The Morgan fingerprint density at radius 2 is 1.63 bits per heavy atom. The second-order valence-corrected chi connectivity index (χ2v) is 8.94. The van der Waals surface area contributed by atoms with Gasteiger partial charge in [-0.15, -0.1) is 0 Å². The monoisotopic (exact) mass is 413 g/mol. The average Bonchev–Trinajstić information content (AvgIpc) is 3.10. The van der Waals surface area contributed by atoms with Crippen LogP contribution in [0.25, 0.3) is 10.2 Å². The van der Waals surface area contributed by atoms with Crippen molar-refractivity contribution in [2.45, 2.75) is 4.90 Å². The minimum Gasteiger partial charge on any atom is -0.345 e. The average molecular weight is 413 g/mol. The third kappa shape index (κ3) is 3.17. The number of thiazole rings is 1. The molecule has 27 heavy (non-hydrogen) atoms. The molecular weight excluding hydrogens is 399 g/mol. The van der Waals surface area contributed by atoms with Crippen LogP contribution in [0.1, 0.15) is 0 Å². The highest BCUT2D eigenvalue weighted by Gasteiger charge is 2.33. The van der Waals surface area contributed by atoms with Crippen molar-refractivity contribution in [3.63, 3.8) is 0 Å². The molecule has 1 saturated heterocycles. The molecule has 0 N–H and O–H groups in total. The van der Waals surface area contributed by atoms with Crippen molar-refractivity contribution in [2.75, 3.05) is 31.1 Å².